The largest absolute Gasteiger partial charge is 0.327 e. The average Bonchev–Trinajstić information content (AvgIpc) is 2.89. The quantitative estimate of drug-likeness (QED) is 0.698. The maximum atomic E-state index is 9.08. The van der Waals surface area contributed by atoms with Gasteiger partial charge in [-0.15, -0.1) is 0 Å². The summed E-state index contributed by atoms with van der Waals surface area (Å²) >= 11 is 5.43. The van der Waals surface area contributed by atoms with E-state index in [-0.39, 0.29) is 0 Å². The molecule has 0 aliphatic carbocycles. The molecular formula is C14H13N5S. The lowest BCUT2D eigenvalue weighted by Gasteiger charge is -2.09. The van der Waals surface area contributed by atoms with E-state index in [1.807, 2.05) is 37.6 Å². The van der Waals surface area contributed by atoms with Crippen molar-refractivity contribution in [3.05, 3.63) is 39.8 Å². The molecule has 100 valence electrons. The lowest BCUT2D eigenvalue weighted by atomic mass is 10.1. The van der Waals surface area contributed by atoms with E-state index in [9.17, 15) is 0 Å². The Kier molecular flexibility index (Phi) is 2.73. The molecule has 0 bridgehead atoms. The Morgan fingerprint density at radius 1 is 1.35 bits per heavy atom. The minimum absolute atomic E-state index is 0.606. The molecular weight excluding hydrogens is 270 g/mol. The molecule has 0 radical (unpaired) electrons. The fourth-order valence-corrected chi connectivity index (χ4v) is 2.74. The molecule has 6 heteroatoms. The van der Waals surface area contributed by atoms with E-state index in [4.69, 9.17) is 17.5 Å². The fraction of sp³-hybridized carbons (Fsp3) is 0.214. The van der Waals surface area contributed by atoms with E-state index in [0.29, 0.717) is 10.3 Å². The van der Waals surface area contributed by atoms with Gasteiger partial charge in [-0.25, -0.2) is 4.68 Å². The van der Waals surface area contributed by atoms with Crippen molar-refractivity contribution in [3.8, 4) is 11.8 Å². The third-order valence-electron chi connectivity index (χ3n) is 3.42. The number of aryl methyl sites for hydroxylation is 3. The first-order chi connectivity index (χ1) is 9.52. The van der Waals surface area contributed by atoms with Gasteiger partial charge in [-0.1, -0.05) is 6.07 Å². The number of imidazole rings is 1. The van der Waals surface area contributed by atoms with Crippen LogP contribution in [0.1, 0.15) is 16.8 Å². The van der Waals surface area contributed by atoms with Crippen LogP contribution < -0.4 is 0 Å². The third kappa shape index (κ3) is 1.67. The second kappa shape index (κ2) is 4.32. The molecule has 2 heterocycles. The van der Waals surface area contributed by atoms with Gasteiger partial charge in [0.1, 0.15) is 5.52 Å². The highest BCUT2D eigenvalue weighted by atomic mass is 32.1. The van der Waals surface area contributed by atoms with Gasteiger partial charge in [-0.3, -0.25) is 4.57 Å². The Bertz CT molecular complexity index is 920. The van der Waals surface area contributed by atoms with Crippen molar-refractivity contribution in [1.82, 2.24) is 19.3 Å². The van der Waals surface area contributed by atoms with Gasteiger partial charge in [0.25, 0.3) is 0 Å². The fourth-order valence-electron chi connectivity index (χ4n) is 2.45. The predicted molar refractivity (Wildman–Crippen MR) is 79.4 cm³/mol. The van der Waals surface area contributed by atoms with Gasteiger partial charge in [-0.05, 0) is 43.8 Å². The highest BCUT2D eigenvalue weighted by molar-refractivity contribution is 7.71. The van der Waals surface area contributed by atoms with Crippen LogP contribution in [0, 0.1) is 29.9 Å². The van der Waals surface area contributed by atoms with Gasteiger partial charge in [0.05, 0.1) is 23.0 Å². The molecule has 0 aliphatic rings. The number of fused-ring (bicyclic) bond motifs is 1. The molecule has 0 unspecified atom stereocenters. The molecule has 1 aromatic carbocycles. The molecule has 0 atom stereocenters. The summed E-state index contributed by atoms with van der Waals surface area (Å²) in [5.74, 6) is 0. The minimum Gasteiger partial charge on any atom is -0.327 e. The van der Waals surface area contributed by atoms with Gasteiger partial charge >= 0.3 is 0 Å². The lowest BCUT2D eigenvalue weighted by molar-refractivity contribution is 0.758. The van der Waals surface area contributed by atoms with Crippen molar-refractivity contribution >= 4 is 23.4 Å². The van der Waals surface area contributed by atoms with Crippen molar-refractivity contribution in [2.24, 2.45) is 7.05 Å². The molecule has 0 amide bonds. The van der Waals surface area contributed by atoms with Crippen LogP contribution in [0.15, 0.2) is 18.2 Å². The summed E-state index contributed by atoms with van der Waals surface area (Å²) in [6, 6.07) is 7.75. The van der Waals surface area contributed by atoms with E-state index < -0.39 is 0 Å². The first-order valence-corrected chi connectivity index (χ1v) is 6.59. The number of H-pyrrole nitrogens is 1. The molecule has 2 aromatic heterocycles. The first kappa shape index (κ1) is 12.6. The van der Waals surface area contributed by atoms with Crippen molar-refractivity contribution < 1.29 is 0 Å². The maximum Gasteiger partial charge on any atom is 0.184 e. The molecule has 0 fully saturated rings. The molecule has 3 aromatic rings. The Labute approximate surface area is 121 Å². The number of nitrogens with one attached hydrogen (secondary N) is 1. The smallest absolute Gasteiger partial charge is 0.184 e. The standard InChI is InChI=1S/C14H13N5S/c1-8-4-5-10(7-15)6-11(8)19-13-12(16-14(19)20)9(2)17-18(13)3/h4-6H,1-3H3,(H,16,20). The van der Waals surface area contributed by atoms with Gasteiger partial charge in [-0.2, -0.15) is 10.4 Å². The first-order valence-electron chi connectivity index (χ1n) is 6.18. The van der Waals surface area contributed by atoms with Gasteiger partial charge in [0.2, 0.25) is 0 Å². The molecule has 0 saturated carbocycles. The van der Waals surface area contributed by atoms with Crippen molar-refractivity contribution in [2.45, 2.75) is 13.8 Å². The number of nitrogens with zero attached hydrogens (tertiary/aromatic N) is 4. The Hall–Kier alpha value is -2.39. The van der Waals surface area contributed by atoms with Crippen LogP contribution in [-0.2, 0) is 7.05 Å². The second-order valence-corrected chi connectivity index (χ2v) is 5.17. The maximum absolute atomic E-state index is 9.08. The van der Waals surface area contributed by atoms with E-state index in [1.54, 1.807) is 10.7 Å². The summed E-state index contributed by atoms with van der Waals surface area (Å²) < 4.78 is 4.34. The van der Waals surface area contributed by atoms with Gasteiger partial charge < -0.3 is 4.98 Å². The molecule has 3 rings (SSSR count). The summed E-state index contributed by atoms with van der Waals surface area (Å²) in [5, 5.41) is 13.5. The highest BCUT2D eigenvalue weighted by Gasteiger charge is 2.15. The topological polar surface area (TPSA) is 62.3 Å². The summed E-state index contributed by atoms with van der Waals surface area (Å²) in [7, 11) is 1.89. The highest BCUT2D eigenvalue weighted by Crippen LogP contribution is 2.24. The van der Waals surface area contributed by atoms with E-state index in [0.717, 1.165) is 28.1 Å². The zero-order chi connectivity index (χ0) is 14.4. The van der Waals surface area contributed by atoms with Crippen LogP contribution in [0.25, 0.3) is 16.9 Å². The molecule has 0 saturated heterocycles. The summed E-state index contributed by atoms with van der Waals surface area (Å²) in [5.41, 5.74) is 5.32. The average molecular weight is 283 g/mol. The molecule has 20 heavy (non-hydrogen) atoms. The molecule has 0 aliphatic heterocycles. The number of nitriles is 1. The van der Waals surface area contributed by atoms with Gasteiger partial charge in [0, 0.05) is 7.05 Å². The van der Waals surface area contributed by atoms with Crippen LogP contribution in [0.4, 0.5) is 0 Å². The van der Waals surface area contributed by atoms with Crippen LogP contribution in [-0.4, -0.2) is 19.3 Å². The second-order valence-electron chi connectivity index (χ2n) is 4.79. The van der Waals surface area contributed by atoms with Crippen LogP contribution in [0.2, 0.25) is 0 Å². The zero-order valence-corrected chi connectivity index (χ0v) is 12.2. The predicted octanol–water partition coefficient (Wildman–Crippen LogP) is 2.91. The van der Waals surface area contributed by atoms with Crippen LogP contribution in [0.3, 0.4) is 0 Å². The molecule has 5 nitrogen and oxygen atoms in total. The van der Waals surface area contributed by atoms with Gasteiger partial charge in [0.15, 0.2) is 10.4 Å². The summed E-state index contributed by atoms with van der Waals surface area (Å²) in [6.45, 7) is 3.94. The van der Waals surface area contributed by atoms with Crippen molar-refractivity contribution in [2.75, 3.05) is 0 Å². The number of hydrogen-bond donors (Lipinski definition) is 1. The monoisotopic (exact) mass is 283 g/mol. The summed E-state index contributed by atoms with van der Waals surface area (Å²) in [6.07, 6.45) is 0. The number of rotatable bonds is 1. The summed E-state index contributed by atoms with van der Waals surface area (Å²) in [4.78, 5) is 3.19. The zero-order valence-electron chi connectivity index (χ0n) is 11.4. The number of benzene rings is 1. The lowest BCUT2D eigenvalue weighted by Crippen LogP contribution is -2.03. The van der Waals surface area contributed by atoms with Crippen LogP contribution >= 0.6 is 12.2 Å². The molecule has 0 spiro atoms. The Morgan fingerprint density at radius 2 is 2.10 bits per heavy atom. The SMILES string of the molecule is Cc1ccc(C#N)cc1-n1c(=S)[nH]c2c(C)nn(C)c21. The number of aromatic nitrogens is 4. The number of aromatic amines is 1. The number of hydrogen-bond acceptors (Lipinski definition) is 3. The van der Waals surface area contributed by atoms with E-state index >= 15 is 0 Å². The van der Waals surface area contributed by atoms with Crippen molar-refractivity contribution in [3.63, 3.8) is 0 Å². The Morgan fingerprint density at radius 3 is 2.80 bits per heavy atom. The van der Waals surface area contributed by atoms with E-state index in [1.165, 1.54) is 0 Å². The third-order valence-corrected chi connectivity index (χ3v) is 3.70. The Balaban J connectivity index is 2.44. The normalized spacial score (nSPS) is 10.9. The molecule has 1 N–H and O–H groups in total. The van der Waals surface area contributed by atoms with Crippen LogP contribution in [0.5, 0.6) is 0 Å². The van der Waals surface area contributed by atoms with E-state index in [2.05, 4.69) is 16.2 Å². The minimum atomic E-state index is 0.606. The van der Waals surface area contributed by atoms with Crippen molar-refractivity contribution in [1.29, 1.82) is 5.26 Å².